The van der Waals surface area contributed by atoms with Gasteiger partial charge in [0.25, 0.3) is 0 Å². The Morgan fingerprint density at radius 3 is 1.21 bits per heavy atom. The fourth-order valence-electron chi connectivity index (χ4n) is 3.38. The van der Waals surface area contributed by atoms with Crippen molar-refractivity contribution in [2.45, 2.75) is 0 Å². The highest BCUT2D eigenvalue weighted by atomic mass is 16.4. The monoisotopic (exact) mass is 334 g/mol. The highest BCUT2D eigenvalue weighted by molar-refractivity contribution is 5.98. The minimum atomic E-state index is -2.51. The van der Waals surface area contributed by atoms with Crippen molar-refractivity contribution in [2.24, 2.45) is 22.7 Å². The largest absolute Gasteiger partial charge is 0.481 e. The fraction of sp³-hybridized carbons (Fsp3) is 0.250. The van der Waals surface area contributed by atoms with Gasteiger partial charge in [0.2, 0.25) is 0 Å². The average molecular weight is 334 g/mol. The molecule has 126 valence electrons. The Labute approximate surface area is 135 Å². The standard InChI is InChI=1S/C16H14O8/c17-11(18)9-5-1-3-7-15(9,13(21)22)16(14(23)24)8-4-2-6-10(16)12(19)20/h1-10H,(H,17,18)(H,19,20)(H,21,22)(H,23,24). The third-order valence-electron chi connectivity index (χ3n) is 4.45. The smallest absolute Gasteiger partial charge is 0.316 e. The average Bonchev–Trinajstić information content (AvgIpc) is 2.53. The molecule has 24 heavy (non-hydrogen) atoms. The molecule has 0 saturated heterocycles. The van der Waals surface area contributed by atoms with Gasteiger partial charge in [0.1, 0.15) is 10.8 Å². The molecule has 0 fully saturated rings. The van der Waals surface area contributed by atoms with Gasteiger partial charge in [-0.05, 0) is 0 Å². The maximum absolute atomic E-state index is 12.1. The summed E-state index contributed by atoms with van der Waals surface area (Å²) in [6.45, 7) is 0. The van der Waals surface area contributed by atoms with Crippen LogP contribution in [0.1, 0.15) is 0 Å². The summed E-state index contributed by atoms with van der Waals surface area (Å²) >= 11 is 0. The number of carbonyl (C=O) groups is 4. The molecule has 4 atom stereocenters. The van der Waals surface area contributed by atoms with E-state index in [0.29, 0.717) is 0 Å². The zero-order valence-electron chi connectivity index (χ0n) is 12.2. The highest BCUT2D eigenvalue weighted by Gasteiger charge is 2.69. The van der Waals surface area contributed by atoms with Gasteiger partial charge >= 0.3 is 23.9 Å². The van der Waals surface area contributed by atoms with Crippen molar-refractivity contribution >= 4 is 23.9 Å². The lowest BCUT2D eigenvalue weighted by Gasteiger charge is -2.47. The van der Waals surface area contributed by atoms with E-state index < -0.39 is 46.5 Å². The van der Waals surface area contributed by atoms with Crippen LogP contribution in [0, 0.1) is 22.7 Å². The first-order chi connectivity index (χ1) is 11.2. The molecule has 0 heterocycles. The minimum Gasteiger partial charge on any atom is -0.481 e. The Morgan fingerprint density at radius 1 is 0.625 bits per heavy atom. The number of aliphatic carboxylic acids is 4. The maximum atomic E-state index is 12.1. The normalized spacial score (nSPS) is 34.0. The molecule has 4 N–H and O–H groups in total. The number of rotatable bonds is 5. The molecule has 0 aromatic rings. The third-order valence-corrected chi connectivity index (χ3v) is 4.45. The van der Waals surface area contributed by atoms with Crippen molar-refractivity contribution in [1.82, 2.24) is 0 Å². The summed E-state index contributed by atoms with van der Waals surface area (Å²) in [5, 5.41) is 38.5. The van der Waals surface area contributed by atoms with E-state index in [4.69, 9.17) is 0 Å². The van der Waals surface area contributed by atoms with Crippen LogP contribution in [-0.2, 0) is 19.2 Å². The van der Waals surface area contributed by atoms with Crippen molar-refractivity contribution in [3.8, 4) is 0 Å². The molecular weight excluding hydrogens is 320 g/mol. The van der Waals surface area contributed by atoms with Crippen molar-refractivity contribution < 1.29 is 39.6 Å². The van der Waals surface area contributed by atoms with Gasteiger partial charge in [-0.1, -0.05) is 48.6 Å². The summed E-state index contributed by atoms with van der Waals surface area (Å²) in [5.41, 5.74) is -5.02. The van der Waals surface area contributed by atoms with E-state index in [9.17, 15) is 39.6 Å². The van der Waals surface area contributed by atoms with E-state index in [1.54, 1.807) is 0 Å². The Kier molecular flexibility index (Phi) is 4.16. The molecule has 2 rings (SSSR count). The van der Waals surface area contributed by atoms with Crippen LogP contribution in [0.4, 0.5) is 0 Å². The molecule has 2 aliphatic carbocycles. The number of carboxylic acids is 4. The molecule has 2 aliphatic rings. The lowest BCUT2D eigenvalue weighted by atomic mass is 9.50. The predicted molar refractivity (Wildman–Crippen MR) is 78.9 cm³/mol. The molecule has 0 aromatic carbocycles. The summed E-state index contributed by atoms with van der Waals surface area (Å²) in [5.74, 6) is -10.1. The number of hydrogen-bond donors (Lipinski definition) is 4. The topological polar surface area (TPSA) is 149 Å². The fourth-order valence-corrected chi connectivity index (χ4v) is 3.38. The Hall–Kier alpha value is -3.16. The van der Waals surface area contributed by atoms with Gasteiger partial charge in [-0.2, -0.15) is 0 Å². The molecule has 0 saturated carbocycles. The Balaban J connectivity index is 2.89. The molecule has 0 aromatic heterocycles. The Bertz CT molecular complexity index is 666. The van der Waals surface area contributed by atoms with Crippen LogP contribution in [0.3, 0.4) is 0 Å². The lowest BCUT2D eigenvalue weighted by molar-refractivity contribution is -0.180. The molecule has 4 unspecified atom stereocenters. The van der Waals surface area contributed by atoms with Gasteiger partial charge in [0, 0.05) is 0 Å². The summed E-state index contributed by atoms with van der Waals surface area (Å²) < 4.78 is 0. The van der Waals surface area contributed by atoms with E-state index in [1.165, 1.54) is 24.3 Å². The SMILES string of the molecule is O=C(O)C1C=CC=CC1(C(=O)O)C1(C(=O)O)C=CC=CC1C(=O)O. The number of carboxylic acid groups (broad SMARTS) is 4. The molecule has 0 bridgehead atoms. The van der Waals surface area contributed by atoms with Crippen LogP contribution >= 0.6 is 0 Å². The van der Waals surface area contributed by atoms with E-state index in [2.05, 4.69) is 0 Å². The molecule has 8 heteroatoms. The van der Waals surface area contributed by atoms with Crippen molar-refractivity contribution in [3.05, 3.63) is 48.6 Å². The van der Waals surface area contributed by atoms with Crippen LogP contribution in [-0.4, -0.2) is 44.3 Å². The second kappa shape index (κ2) is 5.80. The first-order valence-electron chi connectivity index (χ1n) is 6.86. The van der Waals surface area contributed by atoms with Crippen molar-refractivity contribution in [3.63, 3.8) is 0 Å². The van der Waals surface area contributed by atoms with Crippen LogP contribution < -0.4 is 0 Å². The molecule has 0 amide bonds. The third kappa shape index (κ3) is 2.07. The molecular formula is C16H14O8. The highest BCUT2D eigenvalue weighted by Crippen LogP contribution is 2.56. The van der Waals surface area contributed by atoms with Gasteiger partial charge in [0.15, 0.2) is 0 Å². The van der Waals surface area contributed by atoms with Crippen LogP contribution in [0.15, 0.2) is 48.6 Å². The predicted octanol–water partition coefficient (Wildman–Crippen LogP) is 0.782. The second-order valence-corrected chi connectivity index (χ2v) is 5.47. The van der Waals surface area contributed by atoms with Gasteiger partial charge in [-0.25, -0.2) is 0 Å². The zero-order chi connectivity index (χ0) is 18.1. The summed E-state index contributed by atoms with van der Waals surface area (Å²) in [7, 11) is 0. The number of hydrogen-bond acceptors (Lipinski definition) is 4. The first-order valence-corrected chi connectivity index (χ1v) is 6.86. The van der Waals surface area contributed by atoms with Crippen molar-refractivity contribution in [2.75, 3.05) is 0 Å². The van der Waals surface area contributed by atoms with Crippen molar-refractivity contribution in [1.29, 1.82) is 0 Å². The van der Waals surface area contributed by atoms with Crippen LogP contribution in [0.5, 0.6) is 0 Å². The van der Waals surface area contributed by atoms with E-state index in [1.807, 2.05) is 0 Å². The Morgan fingerprint density at radius 2 is 0.958 bits per heavy atom. The maximum Gasteiger partial charge on any atom is 0.316 e. The zero-order valence-corrected chi connectivity index (χ0v) is 12.2. The first kappa shape index (κ1) is 17.2. The van der Waals surface area contributed by atoms with Gasteiger partial charge in [-0.3, -0.25) is 19.2 Å². The van der Waals surface area contributed by atoms with E-state index in [-0.39, 0.29) is 0 Å². The van der Waals surface area contributed by atoms with Gasteiger partial charge in [0.05, 0.1) is 11.8 Å². The second-order valence-electron chi connectivity index (χ2n) is 5.47. The molecule has 0 radical (unpaired) electrons. The molecule has 0 spiro atoms. The number of allylic oxidation sites excluding steroid dienone is 4. The van der Waals surface area contributed by atoms with E-state index in [0.717, 1.165) is 24.3 Å². The lowest BCUT2D eigenvalue weighted by Crippen LogP contribution is -2.61. The summed E-state index contributed by atoms with van der Waals surface area (Å²) in [6.07, 6.45) is 8.98. The van der Waals surface area contributed by atoms with E-state index >= 15 is 0 Å². The summed E-state index contributed by atoms with van der Waals surface area (Å²) in [4.78, 5) is 47.5. The minimum absolute atomic E-state index is 0.946. The van der Waals surface area contributed by atoms with Crippen LogP contribution in [0.25, 0.3) is 0 Å². The summed E-state index contributed by atoms with van der Waals surface area (Å²) in [6, 6.07) is 0. The quantitative estimate of drug-likeness (QED) is 0.576. The van der Waals surface area contributed by atoms with Gasteiger partial charge in [-0.15, -0.1) is 0 Å². The van der Waals surface area contributed by atoms with Crippen LogP contribution in [0.2, 0.25) is 0 Å². The van der Waals surface area contributed by atoms with Gasteiger partial charge < -0.3 is 20.4 Å². The molecule has 8 nitrogen and oxygen atoms in total. The molecule has 0 aliphatic heterocycles.